The van der Waals surface area contributed by atoms with Gasteiger partial charge in [0.1, 0.15) is 5.76 Å². The molecule has 0 radical (unpaired) electrons. The molecule has 0 aliphatic heterocycles. The highest BCUT2D eigenvalue weighted by Crippen LogP contribution is 2.13. The minimum Gasteiger partial charge on any atom is -0.413 e. The summed E-state index contributed by atoms with van der Waals surface area (Å²) in [6.45, 7) is 7.34. The third-order valence-corrected chi connectivity index (χ3v) is 1.59. The lowest BCUT2D eigenvalue weighted by molar-refractivity contribution is 0.472. The van der Waals surface area contributed by atoms with Crippen molar-refractivity contribution in [1.29, 1.82) is 0 Å². The maximum absolute atomic E-state index is 10.9. The van der Waals surface area contributed by atoms with Gasteiger partial charge in [0.25, 0.3) is 0 Å². The van der Waals surface area contributed by atoms with E-state index in [0.29, 0.717) is 5.76 Å². The molecule has 60 valence electrons. The van der Waals surface area contributed by atoms with E-state index < -0.39 is 0 Å². The average molecular weight is 153 g/mol. The van der Waals surface area contributed by atoms with Crippen LogP contribution < -0.4 is 5.76 Å². The van der Waals surface area contributed by atoms with Crippen LogP contribution in [0.25, 0.3) is 5.57 Å². The zero-order chi connectivity index (χ0) is 8.59. The number of oxazole rings is 1. The van der Waals surface area contributed by atoms with Gasteiger partial charge >= 0.3 is 5.76 Å². The molecular formula is C8H11NO2. The van der Waals surface area contributed by atoms with Crippen LogP contribution in [0.5, 0.6) is 0 Å². The minimum absolute atomic E-state index is 0.333. The third kappa shape index (κ3) is 1.13. The van der Waals surface area contributed by atoms with Gasteiger partial charge in [-0.05, 0) is 19.4 Å². The lowest BCUT2D eigenvalue weighted by Gasteiger charge is -1.97. The molecule has 1 heterocycles. The van der Waals surface area contributed by atoms with Crippen molar-refractivity contribution in [2.45, 2.75) is 13.8 Å². The molecule has 0 fully saturated rings. The van der Waals surface area contributed by atoms with Crippen molar-refractivity contribution in [3.8, 4) is 0 Å². The fourth-order valence-electron chi connectivity index (χ4n) is 1.16. The van der Waals surface area contributed by atoms with Crippen molar-refractivity contribution in [2.24, 2.45) is 7.05 Å². The van der Waals surface area contributed by atoms with Gasteiger partial charge < -0.3 is 4.42 Å². The number of aromatic nitrogens is 1. The largest absolute Gasteiger partial charge is 0.419 e. The van der Waals surface area contributed by atoms with E-state index >= 15 is 0 Å². The summed E-state index contributed by atoms with van der Waals surface area (Å²) in [7, 11) is 1.67. The van der Waals surface area contributed by atoms with Crippen molar-refractivity contribution in [2.75, 3.05) is 0 Å². The molecule has 1 aromatic rings. The lowest BCUT2D eigenvalue weighted by atomic mass is 10.2. The van der Waals surface area contributed by atoms with E-state index in [2.05, 4.69) is 6.58 Å². The molecule has 3 nitrogen and oxygen atoms in total. The van der Waals surface area contributed by atoms with Crippen LogP contribution in [0.15, 0.2) is 15.8 Å². The van der Waals surface area contributed by atoms with Crippen LogP contribution in [0, 0.1) is 6.92 Å². The highest BCUT2D eigenvalue weighted by atomic mass is 16.4. The summed E-state index contributed by atoms with van der Waals surface area (Å²) in [5.41, 5.74) is 1.63. The van der Waals surface area contributed by atoms with Crippen LogP contribution in [0.1, 0.15) is 18.4 Å². The van der Waals surface area contributed by atoms with Gasteiger partial charge in [0.15, 0.2) is 0 Å². The first-order chi connectivity index (χ1) is 5.04. The minimum atomic E-state index is -0.333. The Morgan fingerprint density at radius 3 is 2.36 bits per heavy atom. The molecule has 0 aliphatic rings. The molecule has 0 saturated carbocycles. The number of allylic oxidation sites excluding steroid dienone is 1. The summed E-state index contributed by atoms with van der Waals surface area (Å²) in [5, 5.41) is 0. The first kappa shape index (κ1) is 7.85. The van der Waals surface area contributed by atoms with Gasteiger partial charge in [0.05, 0.1) is 5.69 Å². The number of nitrogens with zero attached hydrogens (tertiary/aromatic N) is 1. The fourth-order valence-corrected chi connectivity index (χ4v) is 1.16. The van der Waals surface area contributed by atoms with Crippen molar-refractivity contribution >= 4 is 5.57 Å². The van der Waals surface area contributed by atoms with Crippen LogP contribution in [0.2, 0.25) is 0 Å². The fraction of sp³-hybridized carbons (Fsp3) is 0.375. The molecule has 11 heavy (non-hydrogen) atoms. The molecular weight excluding hydrogens is 142 g/mol. The molecule has 0 saturated heterocycles. The first-order valence-electron chi connectivity index (χ1n) is 3.36. The maximum Gasteiger partial charge on any atom is 0.419 e. The average Bonchev–Trinajstić information content (AvgIpc) is 2.07. The van der Waals surface area contributed by atoms with E-state index in [9.17, 15) is 4.79 Å². The summed E-state index contributed by atoms with van der Waals surface area (Å²) >= 11 is 0. The SMILES string of the molecule is C=C(C)c1c(C)oc(=O)n1C. The molecule has 0 atom stereocenters. The van der Waals surface area contributed by atoms with Gasteiger partial charge in [-0.15, -0.1) is 0 Å². The second-order valence-corrected chi connectivity index (χ2v) is 2.61. The monoisotopic (exact) mass is 153 g/mol. The number of rotatable bonds is 1. The molecule has 0 N–H and O–H groups in total. The Balaban J connectivity index is 3.46. The zero-order valence-corrected chi connectivity index (χ0v) is 6.97. The normalized spacial score (nSPS) is 10.1. The predicted molar refractivity (Wildman–Crippen MR) is 43.4 cm³/mol. The number of hydrogen-bond acceptors (Lipinski definition) is 2. The van der Waals surface area contributed by atoms with Crippen LogP contribution in [0.3, 0.4) is 0 Å². The summed E-state index contributed by atoms with van der Waals surface area (Å²) in [4.78, 5) is 10.9. The van der Waals surface area contributed by atoms with E-state index in [1.54, 1.807) is 14.0 Å². The van der Waals surface area contributed by atoms with Gasteiger partial charge in [-0.1, -0.05) is 6.58 Å². The first-order valence-corrected chi connectivity index (χ1v) is 3.36. The quantitative estimate of drug-likeness (QED) is 0.610. The van der Waals surface area contributed by atoms with E-state index in [1.165, 1.54) is 4.57 Å². The van der Waals surface area contributed by atoms with E-state index in [4.69, 9.17) is 4.42 Å². The van der Waals surface area contributed by atoms with Crippen LogP contribution in [0.4, 0.5) is 0 Å². The second-order valence-electron chi connectivity index (χ2n) is 2.61. The molecule has 0 bridgehead atoms. The lowest BCUT2D eigenvalue weighted by Crippen LogP contribution is -2.11. The molecule has 3 heteroatoms. The van der Waals surface area contributed by atoms with Crippen LogP contribution in [-0.4, -0.2) is 4.57 Å². The van der Waals surface area contributed by atoms with Gasteiger partial charge in [-0.3, -0.25) is 4.57 Å². The molecule has 1 rings (SSSR count). The van der Waals surface area contributed by atoms with Crippen molar-refractivity contribution < 1.29 is 4.42 Å². The standard InChI is InChI=1S/C8H11NO2/c1-5(2)7-6(3)11-8(10)9(7)4/h1H2,2-4H3. The smallest absolute Gasteiger partial charge is 0.413 e. The van der Waals surface area contributed by atoms with Gasteiger partial charge in [0.2, 0.25) is 0 Å². The Bertz CT molecular complexity index is 343. The summed E-state index contributed by atoms with van der Waals surface area (Å²) < 4.78 is 6.31. The second kappa shape index (κ2) is 2.42. The Morgan fingerprint density at radius 1 is 1.64 bits per heavy atom. The molecule has 1 aromatic heterocycles. The number of aryl methyl sites for hydroxylation is 1. The topological polar surface area (TPSA) is 35.1 Å². The van der Waals surface area contributed by atoms with Gasteiger partial charge in [-0.25, -0.2) is 4.79 Å². The van der Waals surface area contributed by atoms with Gasteiger partial charge in [-0.2, -0.15) is 0 Å². The molecule has 0 unspecified atom stereocenters. The summed E-state index contributed by atoms with van der Waals surface area (Å²) in [6, 6.07) is 0. The van der Waals surface area contributed by atoms with E-state index in [1.807, 2.05) is 6.92 Å². The molecule has 0 spiro atoms. The van der Waals surface area contributed by atoms with E-state index in [-0.39, 0.29) is 5.76 Å². The predicted octanol–water partition coefficient (Wildman–Crippen LogP) is 1.32. The van der Waals surface area contributed by atoms with Crippen molar-refractivity contribution in [1.82, 2.24) is 4.57 Å². The Kier molecular flexibility index (Phi) is 1.72. The highest BCUT2D eigenvalue weighted by Gasteiger charge is 2.09. The maximum atomic E-state index is 10.9. The van der Waals surface area contributed by atoms with E-state index in [0.717, 1.165) is 11.3 Å². The Hall–Kier alpha value is -1.25. The molecule has 0 aromatic carbocycles. The molecule has 0 aliphatic carbocycles. The third-order valence-electron chi connectivity index (χ3n) is 1.59. The van der Waals surface area contributed by atoms with Crippen molar-refractivity contribution in [3.05, 3.63) is 28.6 Å². The van der Waals surface area contributed by atoms with Crippen LogP contribution in [-0.2, 0) is 7.05 Å². The summed E-state index contributed by atoms with van der Waals surface area (Å²) in [6.07, 6.45) is 0. The van der Waals surface area contributed by atoms with Crippen molar-refractivity contribution in [3.63, 3.8) is 0 Å². The van der Waals surface area contributed by atoms with Crippen LogP contribution >= 0.6 is 0 Å². The Labute approximate surface area is 65.0 Å². The Morgan fingerprint density at radius 2 is 2.18 bits per heavy atom. The molecule has 0 amide bonds. The highest BCUT2D eigenvalue weighted by molar-refractivity contribution is 5.59. The zero-order valence-electron chi connectivity index (χ0n) is 6.97. The number of hydrogen-bond donors (Lipinski definition) is 0. The summed E-state index contributed by atoms with van der Waals surface area (Å²) in [5.74, 6) is 0.297. The van der Waals surface area contributed by atoms with Gasteiger partial charge in [0, 0.05) is 7.05 Å².